The normalized spacial score (nSPS) is 11.3. The Kier molecular flexibility index (Phi) is 7.86. The first-order chi connectivity index (χ1) is 15.2. The van der Waals surface area contributed by atoms with Gasteiger partial charge in [0.05, 0.1) is 13.7 Å². The van der Waals surface area contributed by atoms with Crippen LogP contribution in [0.15, 0.2) is 52.0 Å². The van der Waals surface area contributed by atoms with Crippen LogP contribution >= 0.6 is 0 Å². The number of aryl methyl sites for hydroxylation is 1. The zero-order valence-electron chi connectivity index (χ0n) is 18.4. The van der Waals surface area contributed by atoms with E-state index >= 15 is 0 Å². The predicted molar refractivity (Wildman–Crippen MR) is 122 cm³/mol. The summed E-state index contributed by atoms with van der Waals surface area (Å²) < 4.78 is 16.4. The molecule has 0 saturated heterocycles. The number of aliphatic imine (C=N–C) groups is 1. The lowest BCUT2D eigenvalue weighted by molar-refractivity contribution is 0.311. The Bertz CT molecular complexity index is 1020. The van der Waals surface area contributed by atoms with Crippen molar-refractivity contribution < 1.29 is 14.0 Å². The number of nitrogens with zero attached hydrogens (tertiary/aromatic N) is 3. The van der Waals surface area contributed by atoms with Crippen LogP contribution in [0.1, 0.15) is 31.7 Å². The molecule has 31 heavy (non-hydrogen) atoms. The lowest BCUT2D eigenvalue weighted by Gasteiger charge is -2.15. The average Bonchev–Trinajstić information content (AvgIpc) is 3.27. The number of nitrogens with one attached hydrogen (secondary N) is 2. The molecule has 0 unspecified atom stereocenters. The number of benzene rings is 2. The quantitative estimate of drug-likeness (QED) is 0.392. The van der Waals surface area contributed by atoms with Crippen LogP contribution in [-0.4, -0.2) is 36.9 Å². The van der Waals surface area contributed by atoms with Crippen molar-refractivity contribution >= 4 is 11.6 Å². The van der Waals surface area contributed by atoms with E-state index in [2.05, 4.69) is 32.7 Å². The maximum atomic E-state index is 5.57. The smallest absolute Gasteiger partial charge is 0.257 e. The molecule has 0 radical (unpaired) electrons. The van der Waals surface area contributed by atoms with Gasteiger partial charge in [0.1, 0.15) is 0 Å². The molecule has 1 heterocycles. The van der Waals surface area contributed by atoms with Crippen molar-refractivity contribution in [3.8, 4) is 23.0 Å². The maximum absolute atomic E-state index is 5.57. The van der Waals surface area contributed by atoms with Gasteiger partial charge in [0.2, 0.25) is 0 Å². The Morgan fingerprint density at radius 1 is 1.13 bits per heavy atom. The average molecular weight is 424 g/mol. The molecular formula is C23H29N5O3. The minimum atomic E-state index is 0.536. The third kappa shape index (κ3) is 5.97. The molecule has 0 aliphatic carbocycles. The number of methoxy groups -OCH3 is 1. The third-order valence-electron chi connectivity index (χ3n) is 4.53. The molecule has 1 aromatic heterocycles. The van der Waals surface area contributed by atoms with E-state index < -0.39 is 0 Å². The molecule has 8 nitrogen and oxygen atoms in total. The van der Waals surface area contributed by atoms with Crippen molar-refractivity contribution in [2.24, 2.45) is 4.99 Å². The standard InChI is InChI=1S/C23H29N5O3/c1-5-8-21-27-22(31-28-21)17-10-7-9-16(13-17)15-25-23(24-3)26-18-11-12-19(30-6-2)20(14-18)29-4/h7,9-14H,5-6,8,15H2,1-4H3,(H2,24,25,26). The first-order valence-electron chi connectivity index (χ1n) is 10.4. The van der Waals surface area contributed by atoms with Gasteiger partial charge in [0.25, 0.3) is 5.89 Å². The van der Waals surface area contributed by atoms with Crippen LogP contribution < -0.4 is 20.1 Å². The van der Waals surface area contributed by atoms with Gasteiger partial charge < -0.3 is 24.6 Å². The highest BCUT2D eigenvalue weighted by Gasteiger charge is 2.10. The zero-order chi connectivity index (χ0) is 22.1. The van der Waals surface area contributed by atoms with Crippen LogP contribution in [-0.2, 0) is 13.0 Å². The largest absolute Gasteiger partial charge is 0.493 e. The van der Waals surface area contributed by atoms with Crippen molar-refractivity contribution in [2.45, 2.75) is 33.2 Å². The summed E-state index contributed by atoms with van der Waals surface area (Å²) in [5.74, 6) is 3.28. The van der Waals surface area contributed by atoms with Crippen molar-refractivity contribution in [3.63, 3.8) is 0 Å². The number of hydrogen-bond donors (Lipinski definition) is 2. The summed E-state index contributed by atoms with van der Waals surface area (Å²) in [6, 6.07) is 13.7. The van der Waals surface area contributed by atoms with E-state index in [1.807, 2.05) is 49.4 Å². The Labute approximate surface area is 182 Å². The molecule has 2 aromatic carbocycles. The summed E-state index contributed by atoms with van der Waals surface area (Å²) in [4.78, 5) is 8.76. The second-order valence-electron chi connectivity index (χ2n) is 6.82. The number of anilines is 1. The first-order valence-corrected chi connectivity index (χ1v) is 10.4. The Morgan fingerprint density at radius 2 is 2.00 bits per heavy atom. The minimum Gasteiger partial charge on any atom is -0.493 e. The lowest BCUT2D eigenvalue weighted by Crippen LogP contribution is -2.30. The molecule has 2 N–H and O–H groups in total. The highest BCUT2D eigenvalue weighted by molar-refractivity contribution is 5.93. The van der Waals surface area contributed by atoms with E-state index in [-0.39, 0.29) is 0 Å². The van der Waals surface area contributed by atoms with Gasteiger partial charge in [-0.2, -0.15) is 4.98 Å². The van der Waals surface area contributed by atoms with E-state index in [1.54, 1.807) is 14.2 Å². The summed E-state index contributed by atoms with van der Waals surface area (Å²) in [7, 11) is 3.35. The molecule has 3 aromatic rings. The van der Waals surface area contributed by atoms with Crippen molar-refractivity contribution in [1.82, 2.24) is 15.5 Å². The van der Waals surface area contributed by atoms with Crippen molar-refractivity contribution in [1.29, 1.82) is 0 Å². The van der Waals surface area contributed by atoms with Crippen LogP contribution in [0.5, 0.6) is 11.5 Å². The van der Waals surface area contributed by atoms with Gasteiger partial charge in [-0.25, -0.2) is 0 Å². The fourth-order valence-electron chi connectivity index (χ4n) is 3.03. The third-order valence-corrected chi connectivity index (χ3v) is 4.53. The van der Waals surface area contributed by atoms with E-state index in [9.17, 15) is 0 Å². The lowest BCUT2D eigenvalue weighted by atomic mass is 10.1. The van der Waals surface area contributed by atoms with Gasteiger partial charge in [-0.3, -0.25) is 4.99 Å². The van der Waals surface area contributed by atoms with E-state index in [4.69, 9.17) is 14.0 Å². The summed E-state index contributed by atoms with van der Waals surface area (Å²) in [6.07, 6.45) is 1.79. The summed E-state index contributed by atoms with van der Waals surface area (Å²) >= 11 is 0. The second kappa shape index (κ2) is 11.0. The topological polar surface area (TPSA) is 93.8 Å². The van der Waals surface area contributed by atoms with Crippen LogP contribution in [0.2, 0.25) is 0 Å². The van der Waals surface area contributed by atoms with Crippen molar-refractivity contribution in [3.05, 3.63) is 53.9 Å². The summed E-state index contributed by atoms with van der Waals surface area (Å²) in [6.45, 7) is 5.19. The van der Waals surface area contributed by atoms with Gasteiger partial charge in [-0.05, 0) is 43.2 Å². The van der Waals surface area contributed by atoms with E-state index in [1.165, 1.54) is 0 Å². The van der Waals surface area contributed by atoms with Crippen molar-refractivity contribution in [2.75, 3.05) is 26.1 Å². The molecule has 0 aliphatic rings. The molecule has 0 aliphatic heterocycles. The summed E-state index contributed by atoms with van der Waals surface area (Å²) in [5.41, 5.74) is 2.81. The molecule has 3 rings (SSSR count). The van der Waals surface area contributed by atoms with Gasteiger partial charge >= 0.3 is 0 Å². The zero-order valence-corrected chi connectivity index (χ0v) is 18.4. The van der Waals surface area contributed by atoms with Gasteiger partial charge in [-0.15, -0.1) is 0 Å². The summed E-state index contributed by atoms with van der Waals surface area (Å²) in [5, 5.41) is 10.6. The fourth-order valence-corrected chi connectivity index (χ4v) is 3.03. The Balaban J connectivity index is 1.64. The van der Waals surface area contributed by atoms with E-state index in [0.717, 1.165) is 35.5 Å². The molecule has 164 valence electrons. The van der Waals surface area contributed by atoms with Crippen LogP contribution in [0, 0.1) is 0 Å². The monoisotopic (exact) mass is 423 g/mol. The highest BCUT2D eigenvalue weighted by atomic mass is 16.5. The van der Waals surface area contributed by atoms with Gasteiger partial charge in [0, 0.05) is 37.3 Å². The molecule has 0 amide bonds. The molecule has 0 fully saturated rings. The molecule has 8 heteroatoms. The fraction of sp³-hybridized carbons (Fsp3) is 0.348. The number of guanidine groups is 1. The molecule has 0 atom stereocenters. The number of ether oxygens (including phenoxy) is 2. The number of aromatic nitrogens is 2. The molecular weight excluding hydrogens is 394 g/mol. The Hall–Kier alpha value is -3.55. The first kappa shape index (κ1) is 22.1. The Morgan fingerprint density at radius 3 is 2.74 bits per heavy atom. The van der Waals surface area contributed by atoms with Gasteiger partial charge in [0.15, 0.2) is 23.3 Å². The van der Waals surface area contributed by atoms with Crippen LogP contribution in [0.3, 0.4) is 0 Å². The molecule has 0 saturated carbocycles. The second-order valence-corrected chi connectivity index (χ2v) is 6.82. The van der Waals surface area contributed by atoms with Crippen LogP contribution in [0.25, 0.3) is 11.5 Å². The van der Waals surface area contributed by atoms with Gasteiger partial charge in [-0.1, -0.05) is 24.2 Å². The van der Waals surface area contributed by atoms with Crippen LogP contribution in [0.4, 0.5) is 5.69 Å². The SMILES string of the molecule is CCCc1noc(-c2cccc(CNC(=NC)Nc3ccc(OCC)c(OC)c3)c2)n1. The predicted octanol–water partition coefficient (Wildman–Crippen LogP) is 4.28. The highest BCUT2D eigenvalue weighted by Crippen LogP contribution is 2.30. The van der Waals surface area contributed by atoms with E-state index in [0.29, 0.717) is 36.5 Å². The minimum absolute atomic E-state index is 0.536. The molecule has 0 bridgehead atoms. The number of hydrogen-bond acceptors (Lipinski definition) is 6. The number of rotatable bonds is 9. The molecule has 0 spiro atoms. The maximum Gasteiger partial charge on any atom is 0.257 e.